The Morgan fingerprint density at radius 2 is 1.37 bits per heavy atom. The summed E-state index contributed by atoms with van der Waals surface area (Å²) in [5.41, 5.74) is 3.46. The lowest BCUT2D eigenvalue weighted by Crippen LogP contribution is -2.54. The molecule has 1 saturated carbocycles. The Kier molecular flexibility index (Phi) is 14.4. The number of H-pyrrole nitrogens is 1. The van der Waals surface area contributed by atoms with E-state index >= 15 is 0 Å². The van der Waals surface area contributed by atoms with Gasteiger partial charge in [0.15, 0.2) is 17.3 Å². The fourth-order valence-electron chi connectivity index (χ4n) is 9.31. The van der Waals surface area contributed by atoms with Gasteiger partial charge in [0.05, 0.1) is 49.7 Å². The van der Waals surface area contributed by atoms with Crippen molar-refractivity contribution in [3.05, 3.63) is 66.1 Å². The summed E-state index contributed by atoms with van der Waals surface area (Å²) in [6.45, 7) is 7.56. The number of Topliss-reactive ketones (excluding diaryl/α,β-unsaturated/α-hetero) is 3. The van der Waals surface area contributed by atoms with E-state index in [1.807, 2.05) is 50.2 Å². The minimum absolute atomic E-state index is 0.0113. The van der Waals surface area contributed by atoms with Gasteiger partial charge in [-0.05, 0) is 66.0 Å². The Hall–Kier alpha value is -5.38. The maximum atomic E-state index is 13.9. The first kappa shape index (κ1) is 46.1. The third-order valence-electron chi connectivity index (χ3n) is 13.0. The first-order chi connectivity index (χ1) is 29.4. The Bertz CT molecular complexity index is 2240. The summed E-state index contributed by atoms with van der Waals surface area (Å²) in [6, 6.07) is 12.6. The number of alkyl carbamates (subject to hydrolysis) is 2. The van der Waals surface area contributed by atoms with Crippen molar-refractivity contribution in [2.24, 2.45) is 23.2 Å². The van der Waals surface area contributed by atoms with Crippen molar-refractivity contribution in [1.29, 1.82) is 0 Å². The van der Waals surface area contributed by atoms with Crippen LogP contribution in [-0.2, 0) is 33.7 Å². The molecular formula is C46H59N5O10S. The average molecular weight is 874 g/mol. The van der Waals surface area contributed by atoms with Gasteiger partial charge in [0.2, 0.25) is 5.91 Å². The highest BCUT2D eigenvalue weighted by Gasteiger charge is 2.51. The number of imidazole rings is 1. The van der Waals surface area contributed by atoms with E-state index in [-0.39, 0.29) is 71.9 Å². The second-order valence-electron chi connectivity index (χ2n) is 17.8. The molecule has 3 N–H and O–H groups in total. The molecule has 16 heteroatoms. The molecule has 3 amide bonds. The molecule has 6 rings (SSSR count). The minimum Gasteiger partial charge on any atom is -0.453 e. The Labute approximate surface area is 363 Å². The Morgan fingerprint density at radius 1 is 0.806 bits per heavy atom. The molecule has 2 unspecified atom stereocenters. The number of benzene rings is 2. The number of aromatic amines is 1. The highest BCUT2D eigenvalue weighted by molar-refractivity contribution is 7.91. The van der Waals surface area contributed by atoms with E-state index < -0.39 is 51.5 Å². The second kappa shape index (κ2) is 19.3. The monoisotopic (exact) mass is 873 g/mol. The number of carbonyl (C=O) groups is 6. The fourth-order valence-corrected chi connectivity index (χ4v) is 11.0. The number of nitrogens with one attached hydrogen (secondary N) is 3. The summed E-state index contributed by atoms with van der Waals surface area (Å²) >= 11 is 0. The van der Waals surface area contributed by atoms with Gasteiger partial charge < -0.3 is 30.0 Å². The van der Waals surface area contributed by atoms with Crippen molar-refractivity contribution in [3.63, 3.8) is 0 Å². The molecule has 334 valence electrons. The zero-order valence-corrected chi connectivity index (χ0v) is 37.2. The molecule has 3 fully saturated rings. The van der Waals surface area contributed by atoms with E-state index in [1.54, 1.807) is 32.2 Å². The molecule has 1 aromatic heterocycles. The number of nitrogens with zero attached hydrogens (tertiary/aromatic N) is 2. The lowest BCUT2D eigenvalue weighted by molar-refractivity contribution is -0.140. The van der Waals surface area contributed by atoms with E-state index in [0.717, 1.165) is 47.5 Å². The maximum absolute atomic E-state index is 13.9. The third-order valence-corrected chi connectivity index (χ3v) is 14.7. The molecule has 3 aliphatic rings. The van der Waals surface area contributed by atoms with Crippen LogP contribution < -0.4 is 10.6 Å². The van der Waals surface area contributed by atoms with Crippen molar-refractivity contribution < 1.29 is 46.7 Å². The van der Waals surface area contributed by atoms with Crippen LogP contribution in [-0.4, -0.2) is 109 Å². The topological polar surface area (TPSA) is 211 Å². The first-order valence-corrected chi connectivity index (χ1v) is 23.3. The van der Waals surface area contributed by atoms with Gasteiger partial charge in [0.25, 0.3) is 0 Å². The highest BCUT2D eigenvalue weighted by Crippen LogP contribution is 2.45. The summed E-state index contributed by atoms with van der Waals surface area (Å²) in [5, 5.41) is 5.30. The number of ether oxygens (including phenoxy) is 2. The molecule has 3 heterocycles. The molecule has 0 radical (unpaired) electrons. The van der Waals surface area contributed by atoms with E-state index in [1.165, 1.54) is 19.1 Å². The van der Waals surface area contributed by atoms with Crippen LogP contribution in [0.3, 0.4) is 0 Å². The first-order valence-electron chi connectivity index (χ1n) is 21.5. The number of hydrogen-bond donors (Lipinski definition) is 3. The van der Waals surface area contributed by atoms with Crippen LogP contribution in [0.5, 0.6) is 0 Å². The van der Waals surface area contributed by atoms with Crippen molar-refractivity contribution in [3.8, 4) is 22.4 Å². The standard InChI is InChI=1S/C46H59N5O10S/c1-27(2)39(49-44(56)60-5)41(54)33-8-7-9-34(33)42-47-25-35(48-42)31-14-10-29(11-15-31)30-12-16-32(17-13-30)37(52)18-19-38(53)36-24-46(20-22-62(58,59)23-21-46)26-51(36)43(55)40(28(3)4)50-45(57)61-6/h10-17,25,27-28,33-34,36,39-40H,7-9,18-24,26H2,1-6H3,(H,47,48)(H,49,56)(H,50,57)/t33?,34-,36?,39+,40+/m1/s1. The predicted molar refractivity (Wildman–Crippen MR) is 232 cm³/mol. The molecule has 3 aromatic rings. The zero-order valence-electron chi connectivity index (χ0n) is 36.4. The number of methoxy groups -OCH3 is 2. The molecule has 1 aliphatic carbocycles. The largest absolute Gasteiger partial charge is 0.453 e. The summed E-state index contributed by atoms with van der Waals surface area (Å²) in [4.78, 5) is 88.5. The molecule has 2 aromatic carbocycles. The van der Waals surface area contributed by atoms with Crippen LogP contribution in [0.15, 0.2) is 54.7 Å². The van der Waals surface area contributed by atoms with Crippen LogP contribution in [0.25, 0.3) is 22.4 Å². The second-order valence-corrected chi connectivity index (χ2v) is 20.1. The van der Waals surface area contributed by atoms with Gasteiger partial charge in [-0.2, -0.15) is 0 Å². The van der Waals surface area contributed by atoms with Crippen LogP contribution >= 0.6 is 0 Å². The Morgan fingerprint density at radius 3 is 1.95 bits per heavy atom. The van der Waals surface area contributed by atoms with Gasteiger partial charge in [-0.25, -0.2) is 23.0 Å². The molecule has 1 spiro atoms. The number of carbonyl (C=O) groups excluding carboxylic acids is 6. The molecule has 2 aliphatic heterocycles. The van der Waals surface area contributed by atoms with Crippen LogP contribution in [0.4, 0.5) is 9.59 Å². The zero-order chi connectivity index (χ0) is 44.9. The fraction of sp³-hybridized carbons (Fsp3) is 0.543. The predicted octanol–water partition coefficient (Wildman–Crippen LogP) is 6.29. The Balaban J connectivity index is 1.08. The number of ketones is 3. The van der Waals surface area contributed by atoms with Gasteiger partial charge in [-0.3, -0.25) is 19.2 Å². The van der Waals surface area contributed by atoms with Crippen molar-refractivity contribution in [1.82, 2.24) is 25.5 Å². The number of sulfone groups is 1. The molecule has 0 bridgehead atoms. The average Bonchev–Trinajstić information content (AvgIpc) is 4.04. The maximum Gasteiger partial charge on any atom is 0.407 e. The van der Waals surface area contributed by atoms with Crippen molar-refractivity contribution in [2.75, 3.05) is 32.3 Å². The number of likely N-dealkylation sites (tertiary alicyclic amines) is 1. The van der Waals surface area contributed by atoms with E-state index in [2.05, 4.69) is 20.6 Å². The normalized spacial score (nSPS) is 21.4. The van der Waals surface area contributed by atoms with Gasteiger partial charge in [0.1, 0.15) is 21.7 Å². The summed E-state index contributed by atoms with van der Waals surface area (Å²) in [5.74, 6) is -0.999. The molecule has 5 atom stereocenters. The third kappa shape index (κ3) is 10.4. The van der Waals surface area contributed by atoms with Crippen molar-refractivity contribution >= 4 is 45.3 Å². The van der Waals surface area contributed by atoms with Gasteiger partial charge in [-0.15, -0.1) is 0 Å². The van der Waals surface area contributed by atoms with E-state index in [4.69, 9.17) is 9.47 Å². The summed E-state index contributed by atoms with van der Waals surface area (Å²) in [6.07, 6.45) is 3.60. The number of hydrogen-bond acceptors (Lipinski definition) is 11. The summed E-state index contributed by atoms with van der Waals surface area (Å²) < 4.78 is 34.1. The smallest absolute Gasteiger partial charge is 0.407 e. The van der Waals surface area contributed by atoms with Gasteiger partial charge >= 0.3 is 12.2 Å². The lowest BCUT2D eigenvalue weighted by Gasteiger charge is -2.34. The van der Waals surface area contributed by atoms with E-state index in [9.17, 15) is 37.2 Å². The van der Waals surface area contributed by atoms with Gasteiger partial charge in [0, 0.05) is 36.8 Å². The number of amides is 3. The van der Waals surface area contributed by atoms with Crippen LogP contribution in [0.2, 0.25) is 0 Å². The van der Waals surface area contributed by atoms with E-state index in [0.29, 0.717) is 24.8 Å². The summed E-state index contributed by atoms with van der Waals surface area (Å²) in [7, 11) is -0.716. The molecular weight excluding hydrogens is 815 g/mol. The molecule has 62 heavy (non-hydrogen) atoms. The highest BCUT2D eigenvalue weighted by atomic mass is 32.2. The quantitative estimate of drug-likeness (QED) is 0.145. The number of aromatic nitrogens is 2. The number of rotatable bonds is 15. The SMILES string of the molecule is COC(=O)N[C@H](C(=O)C1CCC[C@H]1c1ncc(-c2ccc(-c3ccc(C(=O)CCC(=O)C4CC5(CCS(=O)(=O)CC5)CN4C(=O)[C@@H](NC(=O)OC)C(C)C)cc3)cc2)[nH]1)C(C)C. The lowest BCUT2D eigenvalue weighted by atomic mass is 9.79. The molecule has 15 nitrogen and oxygen atoms in total. The minimum atomic E-state index is -3.20. The van der Waals surface area contributed by atoms with Gasteiger partial charge in [-0.1, -0.05) is 82.6 Å². The van der Waals surface area contributed by atoms with Crippen LogP contribution in [0, 0.1) is 23.2 Å². The molecule has 2 saturated heterocycles. The van der Waals surface area contributed by atoms with Crippen LogP contribution in [0.1, 0.15) is 101 Å². The van der Waals surface area contributed by atoms with Crippen molar-refractivity contribution in [2.45, 2.75) is 103 Å².